The summed E-state index contributed by atoms with van der Waals surface area (Å²) >= 11 is 1.70. The van der Waals surface area contributed by atoms with Crippen LogP contribution in [0.25, 0.3) is 10.8 Å². The third kappa shape index (κ3) is 1.28. The van der Waals surface area contributed by atoms with Gasteiger partial charge < -0.3 is 4.42 Å². The van der Waals surface area contributed by atoms with Gasteiger partial charge in [-0.25, -0.2) is 4.98 Å². The van der Waals surface area contributed by atoms with E-state index in [2.05, 4.69) is 18.0 Å². The lowest BCUT2D eigenvalue weighted by atomic mass is 10.4. The molecule has 0 saturated heterocycles. The molecule has 2 nitrogen and oxygen atoms in total. The van der Waals surface area contributed by atoms with Gasteiger partial charge >= 0.3 is 0 Å². The number of oxazole rings is 1. The van der Waals surface area contributed by atoms with Gasteiger partial charge in [-0.05, 0) is 26.0 Å². The maximum absolute atomic E-state index is 5.38. The molecule has 0 aliphatic heterocycles. The smallest absolute Gasteiger partial charge is 0.236 e. The monoisotopic (exact) mass is 179 g/mol. The van der Waals surface area contributed by atoms with E-state index in [0.29, 0.717) is 0 Å². The summed E-state index contributed by atoms with van der Waals surface area (Å²) in [6.45, 7) is 3.97. The predicted octanol–water partition coefficient (Wildman–Crippen LogP) is 3.02. The van der Waals surface area contributed by atoms with Gasteiger partial charge in [0.2, 0.25) is 5.89 Å². The summed E-state index contributed by atoms with van der Waals surface area (Å²) < 4.78 is 5.38. The molecule has 0 unspecified atom stereocenters. The van der Waals surface area contributed by atoms with Gasteiger partial charge in [0.1, 0.15) is 5.76 Å². The first-order valence-electron chi connectivity index (χ1n) is 3.75. The molecule has 0 bridgehead atoms. The zero-order valence-corrected chi connectivity index (χ0v) is 7.81. The summed E-state index contributed by atoms with van der Waals surface area (Å²) in [4.78, 5) is 6.52. The van der Waals surface area contributed by atoms with E-state index in [1.165, 1.54) is 4.88 Å². The fraction of sp³-hybridized carbons (Fsp3) is 0.222. The number of hydrogen-bond acceptors (Lipinski definition) is 3. The van der Waals surface area contributed by atoms with Crippen molar-refractivity contribution in [3.05, 3.63) is 29.0 Å². The van der Waals surface area contributed by atoms with Crippen molar-refractivity contribution in [3.8, 4) is 10.8 Å². The standard InChI is InChI=1S/C9H9NOS/c1-6-5-10-9(11-6)8-4-3-7(2)12-8/h3-5H,1-2H3. The van der Waals surface area contributed by atoms with Crippen LogP contribution in [0.1, 0.15) is 10.6 Å². The Balaban J connectivity index is 2.43. The molecular formula is C9H9NOS. The summed E-state index contributed by atoms with van der Waals surface area (Å²) in [7, 11) is 0. The summed E-state index contributed by atoms with van der Waals surface area (Å²) in [6.07, 6.45) is 1.74. The van der Waals surface area contributed by atoms with Crippen molar-refractivity contribution in [2.75, 3.05) is 0 Å². The van der Waals surface area contributed by atoms with E-state index in [1.807, 2.05) is 13.0 Å². The van der Waals surface area contributed by atoms with Crippen LogP contribution in [0, 0.1) is 13.8 Å². The number of rotatable bonds is 1. The molecule has 3 heteroatoms. The molecular weight excluding hydrogens is 170 g/mol. The molecule has 12 heavy (non-hydrogen) atoms. The first kappa shape index (κ1) is 7.55. The molecule has 0 fully saturated rings. The summed E-state index contributed by atoms with van der Waals surface area (Å²) in [5, 5.41) is 0. The van der Waals surface area contributed by atoms with Crippen LogP contribution in [-0.4, -0.2) is 4.98 Å². The Hall–Kier alpha value is -1.09. The zero-order chi connectivity index (χ0) is 8.55. The van der Waals surface area contributed by atoms with Crippen molar-refractivity contribution < 1.29 is 4.42 Å². The van der Waals surface area contributed by atoms with Crippen LogP contribution in [-0.2, 0) is 0 Å². The number of aromatic nitrogens is 1. The largest absolute Gasteiger partial charge is 0.441 e. The number of hydrogen-bond donors (Lipinski definition) is 0. The van der Waals surface area contributed by atoms with Gasteiger partial charge in [-0.1, -0.05) is 0 Å². The Morgan fingerprint density at radius 2 is 2.17 bits per heavy atom. The molecule has 0 aromatic carbocycles. The second kappa shape index (κ2) is 2.75. The second-order valence-electron chi connectivity index (χ2n) is 2.69. The van der Waals surface area contributed by atoms with Crippen molar-refractivity contribution in [1.82, 2.24) is 4.98 Å². The molecule has 0 atom stereocenters. The highest BCUT2D eigenvalue weighted by Gasteiger charge is 2.05. The summed E-state index contributed by atoms with van der Waals surface area (Å²) in [5.41, 5.74) is 0. The predicted molar refractivity (Wildman–Crippen MR) is 49.3 cm³/mol. The van der Waals surface area contributed by atoms with Crippen LogP contribution in [0.5, 0.6) is 0 Å². The minimum atomic E-state index is 0.727. The van der Waals surface area contributed by atoms with Crippen LogP contribution < -0.4 is 0 Å². The molecule has 2 rings (SSSR count). The number of nitrogens with zero attached hydrogens (tertiary/aromatic N) is 1. The minimum absolute atomic E-state index is 0.727. The maximum atomic E-state index is 5.38. The van der Waals surface area contributed by atoms with Gasteiger partial charge in [-0.2, -0.15) is 0 Å². The molecule has 62 valence electrons. The van der Waals surface area contributed by atoms with Crippen LogP contribution in [0.2, 0.25) is 0 Å². The Morgan fingerprint density at radius 3 is 2.67 bits per heavy atom. The van der Waals surface area contributed by atoms with Crippen molar-refractivity contribution >= 4 is 11.3 Å². The van der Waals surface area contributed by atoms with Crippen molar-refractivity contribution in [3.63, 3.8) is 0 Å². The van der Waals surface area contributed by atoms with Crippen LogP contribution in [0.3, 0.4) is 0 Å². The highest BCUT2D eigenvalue weighted by Crippen LogP contribution is 2.26. The van der Waals surface area contributed by atoms with E-state index in [4.69, 9.17) is 4.42 Å². The lowest BCUT2D eigenvalue weighted by Crippen LogP contribution is -1.66. The van der Waals surface area contributed by atoms with Gasteiger partial charge in [-0.3, -0.25) is 0 Å². The quantitative estimate of drug-likeness (QED) is 0.672. The Morgan fingerprint density at radius 1 is 1.33 bits per heavy atom. The van der Waals surface area contributed by atoms with Crippen molar-refractivity contribution in [1.29, 1.82) is 0 Å². The Labute approximate surface area is 74.9 Å². The SMILES string of the molecule is Cc1cnc(-c2ccc(C)s2)o1. The molecule has 0 aliphatic carbocycles. The van der Waals surface area contributed by atoms with Gasteiger partial charge in [-0.15, -0.1) is 11.3 Å². The third-order valence-corrected chi connectivity index (χ3v) is 2.56. The molecule has 2 heterocycles. The average Bonchev–Trinajstić information content (AvgIpc) is 2.58. The maximum Gasteiger partial charge on any atom is 0.236 e. The summed E-state index contributed by atoms with van der Waals surface area (Å²) in [6, 6.07) is 4.10. The van der Waals surface area contributed by atoms with Crippen molar-refractivity contribution in [2.45, 2.75) is 13.8 Å². The molecule has 0 N–H and O–H groups in total. The van der Waals surface area contributed by atoms with Gasteiger partial charge in [0, 0.05) is 4.88 Å². The van der Waals surface area contributed by atoms with Crippen LogP contribution in [0.4, 0.5) is 0 Å². The minimum Gasteiger partial charge on any atom is -0.441 e. The zero-order valence-electron chi connectivity index (χ0n) is 7.00. The molecule has 2 aromatic rings. The van der Waals surface area contributed by atoms with E-state index in [1.54, 1.807) is 17.5 Å². The molecule has 0 radical (unpaired) electrons. The lowest BCUT2D eigenvalue weighted by molar-refractivity contribution is 0.544. The molecule has 2 aromatic heterocycles. The van der Waals surface area contributed by atoms with Crippen LogP contribution in [0.15, 0.2) is 22.7 Å². The molecule has 0 amide bonds. The van der Waals surface area contributed by atoms with E-state index >= 15 is 0 Å². The highest BCUT2D eigenvalue weighted by molar-refractivity contribution is 7.15. The summed E-state index contributed by atoms with van der Waals surface area (Å²) in [5.74, 6) is 1.58. The average molecular weight is 179 g/mol. The first-order chi connectivity index (χ1) is 5.75. The van der Waals surface area contributed by atoms with E-state index < -0.39 is 0 Å². The van der Waals surface area contributed by atoms with E-state index in [0.717, 1.165) is 16.5 Å². The van der Waals surface area contributed by atoms with Crippen molar-refractivity contribution in [2.24, 2.45) is 0 Å². The Kier molecular flexibility index (Phi) is 1.73. The van der Waals surface area contributed by atoms with Gasteiger partial charge in [0.15, 0.2) is 0 Å². The van der Waals surface area contributed by atoms with Crippen LogP contribution >= 0.6 is 11.3 Å². The first-order valence-corrected chi connectivity index (χ1v) is 4.56. The fourth-order valence-corrected chi connectivity index (χ4v) is 1.82. The molecule has 0 spiro atoms. The third-order valence-electron chi connectivity index (χ3n) is 1.57. The second-order valence-corrected chi connectivity index (χ2v) is 3.97. The van der Waals surface area contributed by atoms with Gasteiger partial charge in [0.25, 0.3) is 0 Å². The normalized spacial score (nSPS) is 10.5. The molecule has 0 saturated carbocycles. The number of thiophene rings is 1. The Bertz CT molecular complexity index is 350. The van der Waals surface area contributed by atoms with Gasteiger partial charge in [0.05, 0.1) is 11.1 Å². The molecule has 0 aliphatic rings. The lowest BCUT2D eigenvalue weighted by Gasteiger charge is -1.85. The topological polar surface area (TPSA) is 26.0 Å². The number of aryl methyl sites for hydroxylation is 2. The fourth-order valence-electron chi connectivity index (χ4n) is 1.02. The van der Waals surface area contributed by atoms with E-state index in [9.17, 15) is 0 Å². The van der Waals surface area contributed by atoms with E-state index in [-0.39, 0.29) is 0 Å². The highest BCUT2D eigenvalue weighted by atomic mass is 32.1.